The first kappa shape index (κ1) is 14.9. The number of rotatable bonds is 6. The standard InChI is InChI=1S/C21H20N2/c1-2-18-11-9-10-16-21(18)23(20-14-7-4-8-15-20)17-22-19-12-5-3-6-13-19/h2-16,22H,1,17H2. The predicted molar refractivity (Wildman–Crippen MR) is 100 cm³/mol. The van der Waals surface area contributed by atoms with E-state index in [-0.39, 0.29) is 0 Å². The lowest BCUT2D eigenvalue weighted by atomic mass is 10.1. The van der Waals surface area contributed by atoms with Gasteiger partial charge in [-0.25, -0.2) is 0 Å². The Morgan fingerprint density at radius 1 is 0.783 bits per heavy atom. The molecular formula is C21H20N2. The van der Waals surface area contributed by atoms with Gasteiger partial charge in [0.05, 0.1) is 6.67 Å². The minimum Gasteiger partial charge on any atom is -0.367 e. The molecular weight excluding hydrogens is 280 g/mol. The smallest absolute Gasteiger partial charge is 0.0925 e. The molecule has 0 amide bonds. The van der Waals surface area contributed by atoms with Gasteiger partial charge in [0.25, 0.3) is 0 Å². The first-order valence-corrected chi connectivity index (χ1v) is 7.71. The first-order valence-electron chi connectivity index (χ1n) is 7.71. The Bertz CT molecular complexity index is 751. The highest BCUT2D eigenvalue weighted by molar-refractivity contribution is 5.74. The summed E-state index contributed by atoms with van der Waals surface area (Å²) in [5.74, 6) is 0. The van der Waals surface area contributed by atoms with Crippen LogP contribution in [0.1, 0.15) is 5.56 Å². The van der Waals surface area contributed by atoms with Crippen molar-refractivity contribution in [3.63, 3.8) is 0 Å². The van der Waals surface area contributed by atoms with E-state index in [2.05, 4.69) is 71.4 Å². The average molecular weight is 300 g/mol. The van der Waals surface area contributed by atoms with Gasteiger partial charge in [-0.15, -0.1) is 0 Å². The van der Waals surface area contributed by atoms with Crippen LogP contribution in [0, 0.1) is 0 Å². The number of hydrogen-bond donors (Lipinski definition) is 1. The van der Waals surface area contributed by atoms with Gasteiger partial charge in [0, 0.05) is 17.1 Å². The van der Waals surface area contributed by atoms with Crippen LogP contribution in [-0.4, -0.2) is 6.67 Å². The average Bonchev–Trinajstić information content (AvgIpc) is 2.64. The van der Waals surface area contributed by atoms with Gasteiger partial charge >= 0.3 is 0 Å². The van der Waals surface area contributed by atoms with Crippen molar-refractivity contribution in [1.82, 2.24) is 0 Å². The molecule has 23 heavy (non-hydrogen) atoms. The number of hydrogen-bond acceptors (Lipinski definition) is 2. The van der Waals surface area contributed by atoms with Gasteiger partial charge < -0.3 is 10.2 Å². The Kier molecular flexibility index (Phi) is 4.75. The van der Waals surface area contributed by atoms with Gasteiger partial charge in [-0.2, -0.15) is 0 Å². The Hall–Kier alpha value is -3.00. The van der Waals surface area contributed by atoms with Gasteiger partial charge in [-0.3, -0.25) is 0 Å². The number of para-hydroxylation sites is 3. The summed E-state index contributed by atoms with van der Waals surface area (Å²) in [7, 11) is 0. The lowest BCUT2D eigenvalue weighted by molar-refractivity contribution is 1.03. The molecule has 0 saturated carbocycles. The van der Waals surface area contributed by atoms with Crippen LogP contribution < -0.4 is 10.2 Å². The second-order valence-corrected chi connectivity index (χ2v) is 5.23. The van der Waals surface area contributed by atoms with Crippen molar-refractivity contribution in [3.05, 3.63) is 97.1 Å². The second kappa shape index (κ2) is 7.32. The van der Waals surface area contributed by atoms with Gasteiger partial charge in [-0.1, -0.05) is 67.3 Å². The Morgan fingerprint density at radius 2 is 1.39 bits per heavy atom. The van der Waals surface area contributed by atoms with Crippen molar-refractivity contribution < 1.29 is 0 Å². The molecule has 0 heterocycles. The molecule has 3 aromatic carbocycles. The summed E-state index contributed by atoms with van der Waals surface area (Å²) in [5, 5.41) is 3.48. The van der Waals surface area contributed by atoms with Crippen LogP contribution in [0.2, 0.25) is 0 Å². The number of benzene rings is 3. The van der Waals surface area contributed by atoms with E-state index in [0.29, 0.717) is 6.67 Å². The molecule has 0 aliphatic rings. The zero-order valence-electron chi connectivity index (χ0n) is 13.0. The zero-order chi connectivity index (χ0) is 15.9. The van der Waals surface area contributed by atoms with Crippen molar-refractivity contribution in [1.29, 1.82) is 0 Å². The second-order valence-electron chi connectivity index (χ2n) is 5.23. The fraction of sp³-hybridized carbons (Fsp3) is 0.0476. The Labute approximate surface area is 137 Å². The molecule has 0 bridgehead atoms. The van der Waals surface area contributed by atoms with Crippen molar-refractivity contribution in [3.8, 4) is 0 Å². The van der Waals surface area contributed by atoms with Crippen LogP contribution >= 0.6 is 0 Å². The van der Waals surface area contributed by atoms with E-state index in [1.54, 1.807) is 0 Å². The van der Waals surface area contributed by atoms with Crippen LogP contribution in [0.15, 0.2) is 91.5 Å². The maximum Gasteiger partial charge on any atom is 0.0925 e. The van der Waals surface area contributed by atoms with E-state index in [9.17, 15) is 0 Å². The number of nitrogens with one attached hydrogen (secondary N) is 1. The predicted octanol–water partition coefficient (Wildman–Crippen LogP) is 5.54. The van der Waals surface area contributed by atoms with Crippen molar-refractivity contribution in [2.45, 2.75) is 0 Å². The Morgan fingerprint density at radius 3 is 2.09 bits per heavy atom. The van der Waals surface area contributed by atoms with E-state index < -0.39 is 0 Å². The molecule has 0 atom stereocenters. The lowest BCUT2D eigenvalue weighted by Gasteiger charge is -2.27. The maximum absolute atomic E-state index is 3.94. The molecule has 2 nitrogen and oxygen atoms in total. The number of nitrogens with zero attached hydrogens (tertiary/aromatic N) is 1. The van der Waals surface area contributed by atoms with E-state index in [4.69, 9.17) is 0 Å². The summed E-state index contributed by atoms with van der Waals surface area (Å²) in [6.07, 6.45) is 1.90. The molecule has 3 aromatic rings. The minimum atomic E-state index is 0.679. The topological polar surface area (TPSA) is 15.3 Å². The number of anilines is 3. The van der Waals surface area contributed by atoms with Crippen molar-refractivity contribution in [2.24, 2.45) is 0 Å². The zero-order valence-corrected chi connectivity index (χ0v) is 13.0. The lowest BCUT2D eigenvalue weighted by Crippen LogP contribution is -2.25. The molecule has 0 unspecified atom stereocenters. The molecule has 0 spiro atoms. The third-order valence-electron chi connectivity index (χ3n) is 3.73. The van der Waals surface area contributed by atoms with Crippen molar-refractivity contribution in [2.75, 3.05) is 16.9 Å². The minimum absolute atomic E-state index is 0.679. The van der Waals surface area contributed by atoms with E-state index in [1.807, 2.05) is 36.4 Å². The fourth-order valence-electron chi connectivity index (χ4n) is 2.56. The molecule has 0 aliphatic heterocycles. The van der Waals surface area contributed by atoms with Crippen LogP contribution in [0.3, 0.4) is 0 Å². The van der Waals surface area contributed by atoms with Crippen molar-refractivity contribution >= 4 is 23.1 Å². The van der Waals surface area contributed by atoms with Gasteiger partial charge in [0.2, 0.25) is 0 Å². The maximum atomic E-state index is 3.94. The monoisotopic (exact) mass is 300 g/mol. The van der Waals surface area contributed by atoms with E-state index in [1.165, 1.54) is 0 Å². The highest BCUT2D eigenvalue weighted by Gasteiger charge is 2.11. The molecule has 0 aliphatic carbocycles. The van der Waals surface area contributed by atoms with Gasteiger partial charge in [-0.05, 0) is 35.9 Å². The van der Waals surface area contributed by atoms with E-state index in [0.717, 1.165) is 22.6 Å². The van der Waals surface area contributed by atoms with Crippen LogP contribution in [-0.2, 0) is 0 Å². The molecule has 0 fully saturated rings. The highest BCUT2D eigenvalue weighted by atomic mass is 15.2. The quantitative estimate of drug-likeness (QED) is 0.601. The summed E-state index contributed by atoms with van der Waals surface area (Å²) in [4.78, 5) is 2.25. The third-order valence-corrected chi connectivity index (χ3v) is 3.73. The van der Waals surface area contributed by atoms with Gasteiger partial charge in [0.1, 0.15) is 0 Å². The summed E-state index contributed by atoms with van der Waals surface area (Å²) < 4.78 is 0. The molecule has 0 radical (unpaired) electrons. The summed E-state index contributed by atoms with van der Waals surface area (Å²) >= 11 is 0. The molecule has 2 heteroatoms. The summed E-state index contributed by atoms with van der Waals surface area (Å²) in [5.41, 5.74) is 4.50. The molecule has 3 rings (SSSR count). The van der Waals surface area contributed by atoms with E-state index >= 15 is 0 Å². The fourth-order valence-corrected chi connectivity index (χ4v) is 2.56. The van der Waals surface area contributed by atoms with Crippen LogP contribution in [0.5, 0.6) is 0 Å². The summed E-state index contributed by atoms with van der Waals surface area (Å²) in [6, 6.07) is 28.9. The Balaban J connectivity index is 1.92. The molecule has 114 valence electrons. The summed E-state index contributed by atoms with van der Waals surface area (Å²) in [6.45, 7) is 4.62. The van der Waals surface area contributed by atoms with Gasteiger partial charge in [0.15, 0.2) is 0 Å². The third kappa shape index (κ3) is 3.61. The SMILES string of the molecule is C=Cc1ccccc1N(CNc1ccccc1)c1ccccc1. The van der Waals surface area contributed by atoms with Crippen LogP contribution in [0.25, 0.3) is 6.08 Å². The largest absolute Gasteiger partial charge is 0.367 e. The molecule has 1 N–H and O–H groups in total. The van der Waals surface area contributed by atoms with Crippen LogP contribution in [0.4, 0.5) is 17.1 Å². The molecule has 0 saturated heterocycles. The normalized spacial score (nSPS) is 10.1. The molecule has 0 aromatic heterocycles. The highest BCUT2D eigenvalue weighted by Crippen LogP contribution is 2.29. The first-order chi connectivity index (χ1) is 11.4.